The van der Waals surface area contributed by atoms with Gasteiger partial charge in [0.15, 0.2) is 0 Å². The third-order valence-corrected chi connectivity index (χ3v) is 15.6. The van der Waals surface area contributed by atoms with Gasteiger partial charge in [-0.25, -0.2) is 0 Å². The Hall–Kier alpha value is -8.86. The zero-order valence-electron chi connectivity index (χ0n) is 42.9. The summed E-state index contributed by atoms with van der Waals surface area (Å²) in [4.78, 5) is 6.69. The molecule has 0 spiro atoms. The van der Waals surface area contributed by atoms with Crippen molar-refractivity contribution in [3.63, 3.8) is 0 Å². The predicted molar refractivity (Wildman–Crippen MR) is 308 cm³/mol. The molecule has 0 aromatic heterocycles. The van der Waals surface area contributed by atoms with Crippen molar-refractivity contribution in [2.75, 3.05) is 14.7 Å². The molecule has 2 heterocycles. The highest BCUT2D eigenvalue weighted by molar-refractivity contribution is 7.88. The SMILES string of the molecule is CC1(C)c2ccccc2N(c2ccccc2)c2cc(N(c3ccc(-c4ccccc4)cc3)c3ccc(-c4ccccc4)cc3)ccc21.CC1(C)c2ccccc2N(c2ccccc2)c2cc(OS(=O)(=O)C(F)(F)F)ccc21. The fourth-order valence-corrected chi connectivity index (χ4v) is 11.2. The fourth-order valence-electron chi connectivity index (χ4n) is 10.8. The summed E-state index contributed by atoms with van der Waals surface area (Å²) in [6, 6.07) is 86.8. The van der Waals surface area contributed by atoms with Gasteiger partial charge in [0.1, 0.15) is 5.75 Å². The molecule has 2 aliphatic heterocycles. The lowest BCUT2D eigenvalue weighted by atomic mass is 9.73. The quantitative estimate of drug-likeness (QED) is 0.106. The van der Waals surface area contributed by atoms with E-state index in [-0.39, 0.29) is 5.41 Å². The van der Waals surface area contributed by atoms with E-state index in [1.807, 2.05) is 73.3 Å². The molecule has 0 N–H and O–H groups in total. The number of para-hydroxylation sites is 4. The Morgan fingerprint density at radius 2 is 0.714 bits per heavy atom. The Labute approximate surface area is 448 Å². The number of rotatable bonds is 9. The van der Waals surface area contributed by atoms with E-state index in [9.17, 15) is 21.6 Å². The number of anilines is 9. The lowest BCUT2D eigenvalue weighted by molar-refractivity contribution is -0.0500. The van der Waals surface area contributed by atoms with Crippen LogP contribution in [-0.2, 0) is 20.9 Å². The normalized spacial score (nSPS) is 13.9. The van der Waals surface area contributed by atoms with Crippen LogP contribution in [0.4, 0.5) is 64.4 Å². The van der Waals surface area contributed by atoms with Gasteiger partial charge in [0, 0.05) is 45.3 Å². The second kappa shape index (κ2) is 20.0. The van der Waals surface area contributed by atoms with E-state index >= 15 is 0 Å². The van der Waals surface area contributed by atoms with E-state index in [4.69, 9.17) is 0 Å². The molecule has 77 heavy (non-hydrogen) atoms. The summed E-state index contributed by atoms with van der Waals surface area (Å²) < 4.78 is 65.8. The minimum absolute atomic E-state index is 0.158. The number of fused-ring (bicyclic) bond motifs is 4. The van der Waals surface area contributed by atoms with Crippen LogP contribution in [0.3, 0.4) is 0 Å². The lowest BCUT2D eigenvalue weighted by Crippen LogP contribution is -2.31. The lowest BCUT2D eigenvalue weighted by Gasteiger charge is -2.42. The van der Waals surface area contributed by atoms with Crippen LogP contribution in [0.2, 0.25) is 0 Å². The van der Waals surface area contributed by atoms with E-state index in [0.29, 0.717) is 5.69 Å². The molecule has 6 nitrogen and oxygen atoms in total. The molecule has 0 bridgehead atoms. The van der Waals surface area contributed by atoms with Crippen molar-refractivity contribution in [2.45, 2.75) is 44.0 Å². The monoisotopic (exact) mass is 1040 g/mol. The van der Waals surface area contributed by atoms with Gasteiger partial charge in [0.05, 0.1) is 22.7 Å². The number of benzene rings is 10. The molecule has 2 aliphatic rings. The maximum absolute atomic E-state index is 12.8. The molecule has 0 unspecified atom stereocenters. The Bertz CT molecular complexity index is 3750. The van der Waals surface area contributed by atoms with E-state index in [1.54, 1.807) is 6.07 Å². The van der Waals surface area contributed by atoms with Crippen molar-refractivity contribution >= 4 is 61.3 Å². The first kappa shape index (κ1) is 50.3. The van der Waals surface area contributed by atoms with Crippen LogP contribution in [0.1, 0.15) is 49.9 Å². The van der Waals surface area contributed by atoms with Gasteiger partial charge in [-0.2, -0.15) is 21.6 Å². The van der Waals surface area contributed by atoms with Crippen LogP contribution < -0.4 is 18.9 Å². The molecule has 0 amide bonds. The minimum Gasteiger partial charge on any atom is -0.376 e. The van der Waals surface area contributed by atoms with Crippen molar-refractivity contribution in [2.24, 2.45) is 0 Å². The molecule has 10 aromatic carbocycles. The molecule has 0 saturated heterocycles. The molecular weight excluding hydrogens is 984 g/mol. The summed E-state index contributed by atoms with van der Waals surface area (Å²) in [5.41, 5.74) is 12.3. The number of alkyl halides is 3. The van der Waals surface area contributed by atoms with E-state index in [0.717, 1.165) is 45.3 Å². The highest BCUT2D eigenvalue weighted by Gasteiger charge is 2.49. The molecular formula is C67H54F3N3O3S. The topological polar surface area (TPSA) is 53.1 Å². The Kier molecular flexibility index (Phi) is 13.1. The van der Waals surface area contributed by atoms with Crippen LogP contribution in [0.15, 0.2) is 255 Å². The smallest absolute Gasteiger partial charge is 0.376 e. The van der Waals surface area contributed by atoms with Crippen LogP contribution in [0.5, 0.6) is 5.75 Å². The second-order valence-corrected chi connectivity index (χ2v) is 21.7. The highest BCUT2D eigenvalue weighted by Crippen LogP contribution is 2.55. The molecule has 10 heteroatoms. The van der Waals surface area contributed by atoms with Crippen LogP contribution in [-0.4, -0.2) is 13.9 Å². The zero-order valence-corrected chi connectivity index (χ0v) is 43.7. The minimum atomic E-state index is -5.77. The van der Waals surface area contributed by atoms with E-state index < -0.39 is 26.8 Å². The Morgan fingerprint density at radius 3 is 1.14 bits per heavy atom. The molecule has 0 fully saturated rings. The molecule has 0 radical (unpaired) electrons. The van der Waals surface area contributed by atoms with Crippen LogP contribution in [0.25, 0.3) is 22.3 Å². The third kappa shape index (κ3) is 9.50. The first-order valence-electron chi connectivity index (χ1n) is 25.4. The van der Waals surface area contributed by atoms with E-state index in [1.165, 1.54) is 56.9 Å². The second-order valence-electron chi connectivity index (χ2n) is 20.2. The molecule has 0 saturated carbocycles. The standard InChI is InChI=1S/C45H36N2.C22H18F3NO3S/c1-45(2)41-20-12-13-21-43(41)47(37-18-10-5-11-19-37)44-32-40(30-31-42(44)45)46(38-26-22-35(23-27-38)33-14-6-3-7-15-33)39-28-24-36(25-29-39)34-16-8-4-9-17-34;1-21(2)17-10-6-7-11-19(17)26(15-8-4-3-5-9-15)20-14-16(12-13-18(20)21)29-30(27,28)22(23,24)25/h3-32H,1-2H3;3-14H,1-2H3. The number of hydrogen-bond donors (Lipinski definition) is 0. The summed E-state index contributed by atoms with van der Waals surface area (Å²) in [6.45, 7) is 8.71. The number of hydrogen-bond acceptors (Lipinski definition) is 6. The van der Waals surface area contributed by atoms with Gasteiger partial charge < -0.3 is 18.9 Å². The van der Waals surface area contributed by atoms with Gasteiger partial charge in [-0.15, -0.1) is 0 Å². The van der Waals surface area contributed by atoms with Gasteiger partial charge in [0.25, 0.3) is 0 Å². The third-order valence-electron chi connectivity index (χ3n) is 14.7. The van der Waals surface area contributed by atoms with Crippen molar-refractivity contribution in [3.05, 3.63) is 277 Å². The van der Waals surface area contributed by atoms with Crippen molar-refractivity contribution in [3.8, 4) is 28.0 Å². The van der Waals surface area contributed by atoms with Crippen molar-refractivity contribution < 1.29 is 25.8 Å². The highest BCUT2D eigenvalue weighted by atomic mass is 32.2. The largest absolute Gasteiger partial charge is 0.534 e. The average Bonchev–Trinajstić information content (AvgIpc) is 3.47. The van der Waals surface area contributed by atoms with Crippen molar-refractivity contribution in [1.82, 2.24) is 0 Å². The van der Waals surface area contributed by atoms with Gasteiger partial charge in [0.2, 0.25) is 0 Å². The van der Waals surface area contributed by atoms with E-state index in [2.05, 4.69) is 210 Å². The van der Waals surface area contributed by atoms with Crippen molar-refractivity contribution in [1.29, 1.82) is 0 Å². The summed E-state index contributed by atoms with van der Waals surface area (Å²) in [6.07, 6.45) is 0. The van der Waals surface area contributed by atoms with Gasteiger partial charge in [-0.3, -0.25) is 0 Å². The van der Waals surface area contributed by atoms with Gasteiger partial charge in [-0.05, 0) is 123 Å². The Balaban J connectivity index is 0.000000181. The summed E-state index contributed by atoms with van der Waals surface area (Å²) >= 11 is 0. The van der Waals surface area contributed by atoms with Gasteiger partial charge >= 0.3 is 15.6 Å². The Morgan fingerprint density at radius 1 is 0.377 bits per heavy atom. The molecule has 0 aliphatic carbocycles. The first-order chi connectivity index (χ1) is 37.1. The maximum atomic E-state index is 12.8. The number of halogens is 3. The number of nitrogens with zero attached hydrogens (tertiary/aromatic N) is 3. The summed E-state index contributed by atoms with van der Waals surface area (Å²) in [7, 11) is -5.77. The van der Waals surface area contributed by atoms with Gasteiger partial charge in [-0.1, -0.05) is 198 Å². The van der Waals surface area contributed by atoms with Crippen LogP contribution in [0, 0.1) is 0 Å². The molecule has 10 aromatic rings. The molecule has 382 valence electrons. The molecule has 12 rings (SSSR count). The first-order valence-corrected chi connectivity index (χ1v) is 26.8. The zero-order chi connectivity index (χ0) is 53.5. The van der Waals surface area contributed by atoms with Crippen LogP contribution >= 0.6 is 0 Å². The molecule has 0 atom stereocenters. The maximum Gasteiger partial charge on any atom is 0.534 e. The predicted octanol–water partition coefficient (Wildman–Crippen LogP) is 18.6. The average molecular weight is 1040 g/mol. The fraction of sp³-hybridized carbons (Fsp3) is 0.104. The summed E-state index contributed by atoms with van der Waals surface area (Å²) in [5.74, 6) is -0.401. The summed E-state index contributed by atoms with van der Waals surface area (Å²) in [5, 5.41) is 0.